The van der Waals surface area contributed by atoms with Crippen LogP contribution in [-0.4, -0.2) is 25.2 Å². The molecule has 0 radical (unpaired) electrons. The van der Waals surface area contributed by atoms with Crippen molar-refractivity contribution in [3.63, 3.8) is 0 Å². The molecule has 23 heavy (non-hydrogen) atoms. The molecule has 0 aromatic heterocycles. The summed E-state index contributed by atoms with van der Waals surface area (Å²) >= 11 is 0. The van der Waals surface area contributed by atoms with Gasteiger partial charge in [-0.05, 0) is 43.4 Å². The lowest BCUT2D eigenvalue weighted by Crippen LogP contribution is -2.35. The fourth-order valence-corrected chi connectivity index (χ4v) is 3.11. The number of hydrogen-bond acceptors (Lipinski definition) is 4. The van der Waals surface area contributed by atoms with E-state index in [1.807, 2.05) is 6.92 Å². The van der Waals surface area contributed by atoms with Gasteiger partial charge < -0.3 is 20.5 Å². The molecule has 1 aliphatic carbocycles. The Morgan fingerprint density at radius 1 is 1.43 bits per heavy atom. The molecule has 3 N–H and O–H groups in total. The molecule has 5 nitrogen and oxygen atoms in total. The van der Waals surface area contributed by atoms with Gasteiger partial charge >= 0.3 is 0 Å². The lowest BCUT2D eigenvalue weighted by molar-refractivity contribution is -0.133. The monoisotopic (exact) mass is 320 g/mol. The van der Waals surface area contributed by atoms with E-state index in [-0.39, 0.29) is 12.0 Å². The van der Waals surface area contributed by atoms with Gasteiger partial charge in [0.05, 0.1) is 18.9 Å². The maximum absolute atomic E-state index is 12.5. The Bertz CT molecular complexity index is 533. The Labute approximate surface area is 138 Å². The van der Waals surface area contributed by atoms with Gasteiger partial charge in [-0.3, -0.25) is 4.79 Å². The number of benzene rings is 1. The summed E-state index contributed by atoms with van der Waals surface area (Å²) in [6, 6.07) is 5.23. The van der Waals surface area contributed by atoms with E-state index in [1.54, 1.807) is 25.3 Å². The molecule has 128 valence electrons. The van der Waals surface area contributed by atoms with Crippen molar-refractivity contribution in [2.24, 2.45) is 5.92 Å². The number of hydrogen-bond donors (Lipinski definition) is 2. The molecule has 0 saturated heterocycles. The molecule has 0 bridgehead atoms. The molecule has 5 heteroatoms. The average molecular weight is 320 g/mol. The van der Waals surface area contributed by atoms with Crippen molar-refractivity contribution in [1.29, 1.82) is 0 Å². The zero-order chi connectivity index (χ0) is 16.8. The number of rotatable bonds is 6. The smallest absolute Gasteiger partial charge is 0.253 e. The first-order valence-electron chi connectivity index (χ1n) is 8.43. The van der Waals surface area contributed by atoms with Crippen molar-refractivity contribution >= 4 is 17.3 Å². The van der Waals surface area contributed by atoms with Gasteiger partial charge in [-0.15, -0.1) is 0 Å². The lowest BCUT2D eigenvalue weighted by Gasteiger charge is -2.29. The topological polar surface area (TPSA) is 73.6 Å². The Morgan fingerprint density at radius 3 is 2.83 bits per heavy atom. The van der Waals surface area contributed by atoms with Gasteiger partial charge in [0.25, 0.3) is 5.91 Å². The SMILES string of the molecule is CCC(OC1CCCC(C)C1)C(=O)Nc1ccc(OC)c(N)c1. The molecule has 0 heterocycles. The molecule has 1 amide bonds. The van der Waals surface area contributed by atoms with Crippen molar-refractivity contribution in [2.45, 2.75) is 58.2 Å². The first-order valence-corrected chi connectivity index (χ1v) is 8.43. The molecule has 1 aromatic rings. The normalized spacial score (nSPS) is 22.4. The molecular formula is C18H28N2O3. The number of nitrogens with two attached hydrogens (primary N) is 1. The summed E-state index contributed by atoms with van der Waals surface area (Å²) in [5.41, 5.74) is 7.03. The Kier molecular flexibility index (Phi) is 6.28. The van der Waals surface area contributed by atoms with Gasteiger partial charge in [0.2, 0.25) is 0 Å². The largest absolute Gasteiger partial charge is 0.495 e. The highest BCUT2D eigenvalue weighted by atomic mass is 16.5. The number of methoxy groups -OCH3 is 1. The third-order valence-corrected chi connectivity index (χ3v) is 4.41. The van der Waals surface area contributed by atoms with E-state index < -0.39 is 6.10 Å². The highest BCUT2D eigenvalue weighted by Gasteiger charge is 2.25. The Balaban J connectivity index is 1.95. The summed E-state index contributed by atoms with van der Waals surface area (Å²) < 4.78 is 11.2. The quantitative estimate of drug-likeness (QED) is 0.786. The standard InChI is InChI=1S/C18H28N2O3/c1-4-16(23-14-7-5-6-12(2)10-14)18(21)20-13-8-9-17(22-3)15(19)11-13/h8-9,11-12,14,16H,4-7,10,19H2,1-3H3,(H,20,21). The van der Waals surface area contributed by atoms with E-state index in [4.69, 9.17) is 15.2 Å². The maximum atomic E-state index is 12.5. The molecular weight excluding hydrogens is 292 g/mol. The zero-order valence-corrected chi connectivity index (χ0v) is 14.3. The number of anilines is 2. The van der Waals surface area contributed by atoms with E-state index in [0.29, 0.717) is 29.5 Å². The average Bonchev–Trinajstić information content (AvgIpc) is 2.52. The van der Waals surface area contributed by atoms with Crippen LogP contribution in [0.1, 0.15) is 46.0 Å². The molecule has 3 atom stereocenters. The van der Waals surface area contributed by atoms with Gasteiger partial charge in [0.1, 0.15) is 11.9 Å². The number of carbonyl (C=O) groups excluding carboxylic acids is 1. The summed E-state index contributed by atoms with van der Waals surface area (Å²) in [7, 11) is 1.57. The highest BCUT2D eigenvalue weighted by Crippen LogP contribution is 2.28. The van der Waals surface area contributed by atoms with Crippen molar-refractivity contribution in [1.82, 2.24) is 0 Å². The van der Waals surface area contributed by atoms with Gasteiger partial charge in [-0.2, -0.15) is 0 Å². The molecule has 3 unspecified atom stereocenters. The predicted molar refractivity (Wildman–Crippen MR) is 92.6 cm³/mol. The first kappa shape index (κ1) is 17.6. The fraction of sp³-hybridized carbons (Fsp3) is 0.611. The van der Waals surface area contributed by atoms with Crippen LogP contribution in [-0.2, 0) is 9.53 Å². The summed E-state index contributed by atoms with van der Waals surface area (Å²) in [4.78, 5) is 12.5. The lowest BCUT2D eigenvalue weighted by atomic mass is 9.88. The number of nitrogen functional groups attached to an aromatic ring is 1. The molecule has 1 saturated carbocycles. The van der Waals surface area contributed by atoms with E-state index >= 15 is 0 Å². The van der Waals surface area contributed by atoms with Crippen LogP contribution in [0.2, 0.25) is 0 Å². The third-order valence-electron chi connectivity index (χ3n) is 4.41. The van der Waals surface area contributed by atoms with E-state index in [0.717, 1.165) is 12.8 Å². The first-order chi connectivity index (χ1) is 11.0. The second-order valence-corrected chi connectivity index (χ2v) is 6.37. The maximum Gasteiger partial charge on any atom is 0.253 e. The van der Waals surface area contributed by atoms with Crippen LogP contribution >= 0.6 is 0 Å². The summed E-state index contributed by atoms with van der Waals surface area (Å²) in [5, 5.41) is 2.89. The molecule has 0 spiro atoms. The van der Waals surface area contributed by atoms with Crippen molar-refractivity contribution in [2.75, 3.05) is 18.2 Å². The van der Waals surface area contributed by atoms with Crippen LogP contribution in [0.15, 0.2) is 18.2 Å². The number of ether oxygens (including phenoxy) is 2. The summed E-state index contributed by atoms with van der Waals surface area (Å²) in [6.45, 7) is 4.22. The fourth-order valence-electron chi connectivity index (χ4n) is 3.11. The number of carbonyl (C=O) groups is 1. The zero-order valence-electron chi connectivity index (χ0n) is 14.3. The van der Waals surface area contributed by atoms with E-state index in [9.17, 15) is 4.79 Å². The van der Waals surface area contributed by atoms with Gasteiger partial charge in [-0.1, -0.05) is 26.7 Å². The van der Waals surface area contributed by atoms with Crippen LogP contribution in [0.25, 0.3) is 0 Å². The minimum atomic E-state index is -0.423. The summed E-state index contributed by atoms with van der Waals surface area (Å²) in [6.07, 6.45) is 4.95. The summed E-state index contributed by atoms with van der Waals surface area (Å²) in [5.74, 6) is 1.16. The third kappa shape index (κ3) is 4.86. The van der Waals surface area contributed by atoms with Gasteiger partial charge in [0, 0.05) is 5.69 Å². The molecule has 1 aliphatic rings. The molecule has 2 rings (SSSR count). The van der Waals surface area contributed by atoms with E-state index in [2.05, 4.69) is 12.2 Å². The predicted octanol–water partition coefficient (Wildman–Crippen LogP) is 3.59. The van der Waals surface area contributed by atoms with Crippen LogP contribution in [0.3, 0.4) is 0 Å². The molecule has 1 aromatic carbocycles. The Morgan fingerprint density at radius 2 is 2.22 bits per heavy atom. The van der Waals surface area contributed by atoms with Crippen LogP contribution < -0.4 is 15.8 Å². The Hall–Kier alpha value is -1.75. The van der Waals surface area contributed by atoms with Gasteiger partial charge in [0.15, 0.2) is 0 Å². The second-order valence-electron chi connectivity index (χ2n) is 6.37. The van der Waals surface area contributed by atoms with Crippen molar-refractivity contribution < 1.29 is 14.3 Å². The van der Waals surface area contributed by atoms with E-state index in [1.165, 1.54) is 12.8 Å². The highest BCUT2D eigenvalue weighted by molar-refractivity contribution is 5.94. The van der Waals surface area contributed by atoms with Crippen LogP contribution in [0.4, 0.5) is 11.4 Å². The minimum absolute atomic E-state index is 0.115. The van der Waals surface area contributed by atoms with Crippen LogP contribution in [0, 0.1) is 5.92 Å². The minimum Gasteiger partial charge on any atom is -0.495 e. The molecule has 1 fully saturated rings. The van der Waals surface area contributed by atoms with Crippen LogP contribution in [0.5, 0.6) is 5.75 Å². The second kappa shape index (κ2) is 8.20. The van der Waals surface area contributed by atoms with Crippen molar-refractivity contribution in [3.8, 4) is 5.75 Å². The number of nitrogens with one attached hydrogen (secondary N) is 1. The van der Waals surface area contributed by atoms with Gasteiger partial charge in [-0.25, -0.2) is 0 Å². The molecule has 0 aliphatic heterocycles. The number of amides is 1. The van der Waals surface area contributed by atoms with Crippen molar-refractivity contribution in [3.05, 3.63) is 18.2 Å².